The Morgan fingerprint density at radius 2 is 1.78 bits per heavy atom. The van der Waals surface area contributed by atoms with Gasteiger partial charge in [0.05, 0.1) is 30.0 Å². The molecule has 1 aliphatic heterocycles. The summed E-state index contributed by atoms with van der Waals surface area (Å²) in [6.07, 6.45) is 5.97. The van der Waals surface area contributed by atoms with E-state index in [1.165, 1.54) is 0 Å². The number of para-hydroxylation sites is 1. The number of benzene rings is 1. The summed E-state index contributed by atoms with van der Waals surface area (Å²) < 4.78 is 2.19. The highest BCUT2D eigenvalue weighted by atomic mass is 32.1. The average molecular weight is 497 g/mol. The van der Waals surface area contributed by atoms with Crippen molar-refractivity contribution in [2.45, 2.75) is 32.0 Å². The molecule has 0 aliphatic carbocycles. The van der Waals surface area contributed by atoms with Crippen molar-refractivity contribution in [3.63, 3.8) is 0 Å². The molecule has 0 spiro atoms. The molecule has 1 fully saturated rings. The first-order valence-corrected chi connectivity index (χ1v) is 12.4. The molecule has 2 N–H and O–H groups in total. The number of aromatic nitrogens is 3. The molecule has 4 aromatic rings. The summed E-state index contributed by atoms with van der Waals surface area (Å²) >= 11 is 5.78. The van der Waals surface area contributed by atoms with Gasteiger partial charge in [-0.05, 0) is 67.2 Å². The zero-order chi connectivity index (χ0) is 24.9. The number of hydrogen-bond acceptors (Lipinski definition) is 4. The van der Waals surface area contributed by atoms with E-state index in [4.69, 9.17) is 12.2 Å². The molecule has 0 saturated carbocycles. The Balaban J connectivity index is 1.40. The van der Waals surface area contributed by atoms with E-state index in [1.54, 1.807) is 12.4 Å². The van der Waals surface area contributed by atoms with E-state index in [0.717, 1.165) is 28.3 Å². The Kier molecular flexibility index (Phi) is 7.04. The zero-order valence-electron chi connectivity index (χ0n) is 20.0. The topological polar surface area (TPSA) is 75.1 Å². The molecular weight excluding hydrogens is 468 g/mol. The number of nitrogens with zero attached hydrogens (tertiary/aromatic N) is 4. The lowest BCUT2D eigenvalue weighted by Gasteiger charge is -2.28. The SMILES string of the molecule is Cc1ccccc1NC(=O)CCN1C(=S)N[C@H](c2ccccn2)[C@@H]1c1cccn1Cc1ccccn1. The molecule has 7 nitrogen and oxygen atoms in total. The summed E-state index contributed by atoms with van der Waals surface area (Å²) in [5.74, 6) is -0.0454. The third-order valence-corrected chi connectivity index (χ3v) is 6.78. The molecule has 1 aliphatic rings. The van der Waals surface area contributed by atoms with Crippen molar-refractivity contribution in [3.8, 4) is 0 Å². The van der Waals surface area contributed by atoms with Crippen LogP contribution in [0.3, 0.4) is 0 Å². The lowest BCUT2D eigenvalue weighted by Crippen LogP contribution is -2.33. The minimum absolute atomic E-state index is 0.0454. The van der Waals surface area contributed by atoms with Crippen LogP contribution in [0.5, 0.6) is 0 Å². The molecule has 4 heterocycles. The van der Waals surface area contributed by atoms with Gasteiger partial charge in [0.2, 0.25) is 5.91 Å². The number of aryl methyl sites for hydroxylation is 1. The average Bonchev–Trinajstić information content (AvgIpc) is 3.48. The summed E-state index contributed by atoms with van der Waals surface area (Å²) in [4.78, 5) is 24.1. The lowest BCUT2D eigenvalue weighted by atomic mass is 10.0. The second-order valence-corrected chi connectivity index (χ2v) is 9.20. The van der Waals surface area contributed by atoms with E-state index in [-0.39, 0.29) is 18.0 Å². The van der Waals surface area contributed by atoms with Crippen LogP contribution in [0.1, 0.15) is 41.1 Å². The second-order valence-electron chi connectivity index (χ2n) is 8.82. The summed E-state index contributed by atoms with van der Waals surface area (Å²) in [6, 6.07) is 23.5. The van der Waals surface area contributed by atoms with Crippen LogP contribution in [0.2, 0.25) is 0 Å². The molecule has 1 saturated heterocycles. The van der Waals surface area contributed by atoms with Crippen molar-refractivity contribution in [1.29, 1.82) is 0 Å². The first-order chi connectivity index (χ1) is 17.6. The third-order valence-electron chi connectivity index (χ3n) is 6.42. The predicted molar refractivity (Wildman–Crippen MR) is 144 cm³/mol. The van der Waals surface area contributed by atoms with E-state index in [9.17, 15) is 4.79 Å². The van der Waals surface area contributed by atoms with Crippen LogP contribution in [0.25, 0.3) is 0 Å². The van der Waals surface area contributed by atoms with Crippen molar-refractivity contribution in [3.05, 3.63) is 114 Å². The van der Waals surface area contributed by atoms with Gasteiger partial charge in [0.1, 0.15) is 0 Å². The van der Waals surface area contributed by atoms with Gasteiger partial charge in [-0.25, -0.2) is 0 Å². The first-order valence-electron chi connectivity index (χ1n) is 12.0. The normalized spacial score (nSPS) is 17.1. The molecule has 5 rings (SSSR count). The lowest BCUT2D eigenvalue weighted by molar-refractivity contribution is -0.116. The van der Waals surface area contributed by atoms with Gasteiger partial charge < -0.3 is 20.1 Å². The zero-order valence-corrected chi connectivity index (χ0v) is 20.9. The van der Waals surface area contributed by atoms with Crippen molar-refractivity contribution < 1.29 is 4.79 Å². The monoisotopic (exact) mass is 496 g/mol. The molecule has 0 unspecified atom stereocenters. The summed E-state index contributed by atoms with van der Waals surface area (Å²) in [7, 11) is 0. The molecule has 2 atom stereocenters. The molecular formula is C28H28N6OS. The van der Waals surface area contributed by atoms with E-state index >= 15 is 0 Å². The Morgan fingerprint density at radius 3 is 2.53 bits per heavy atom. The molecule has 3 aromatic heterocycles. The number of hydrogen-bond donors (Lipinski definition) is 2. The van der Waals surface area contributed by atoms with Crippen molar-refractivity contribution in [2.24, 2.45) is 0 Å². The highest BCUT2D eigenvalue weighted by molar-refractivity contribution is 7.80. The van der Waals surface area contributed by atoms with Crippen molar-refractivity contribution in [2.75, 3.05) is 11.9 Å². The maximum absolute atomic E-state index is 12.9. The second kappa shape index (κ2) is 10.7. The van der Waals surface area contributed by atoms with Gasteiger partial charge in [-0.2, -0.15) is 0 Å². The molecule has 0 bridgehead atoms. The summed E-state index contributed by atoms with van der Waals surface area (Å²) in [6.45, 7) is 3.10. The number of carbonyl (C=O) groups excluding carboxylic acids is 1. The number of nitrogens with one attached hydrogen (secondary N) is 2. The molecule has 182 valence electrons. The third kappa shape index (κ3) is 5.13. The predicted octanol–water partition coefficient (Wildman–Crippen LogP) is 4.64. The Morgan fingerprint density at radius 1 is 1.00 bits per heavy atom. The van der Waals surface area contributed by atoms with Gasteiger partial charge in [-0.15, -0.1) is 0 Å². The standard InChI is InChI=1S/C28H28N6OS/c1-20-9-2-3-11-22(20)31-25(35)14-18-34-27(26(32-28(34)36)23-12-5-7-16-30-23)24-13-8-17-33(24)19-21-10-4-6-15-29-21/h2-13,15-17,26-27H,14,18-19H2,1H3,(H,31,35)(H,32,36)/t26-,27+/m1/s1. The van der Waals surface area contributed by atoms with Gasteiger partial charge in [0.25, 0.3) is 0 Å². The number of carbonyl (C=O) groups is 1. The highest BCUT2D eigenvalue weighted by Gasteiger charge is 2.41. The fraction of sp³-hybridized carbons (Fsp3) is 0.214. The number of thiocarbonyl (C=S) groups is 1. The summed E-state index contributed by atoms with van der Waals surface area (Å²) in [5, 5.41) is 7.11. The number of amides is 1. The molecule has 0 radical (unpaired) electrons. The minimum atomic E-state index is -0.143. The quantitative estimate of drug-likeness (QED) is 0.346. The van der Waals surface area contributed by atoms with Crippen LogP contribution in [0, 0.1) is 6.92 Å². The van der Waals surface area contributed by atoms with Gasteiger partial charge in [-0.1, -0.05) is 30.3 Å². The van der Waals surface area contributed by atoms with Crippen LogP contribution in [0.15, 0.2) is 91.4 Å². The smallest absolute Gasteiger partial charge is 0.226 e. The van der Waals surface area contributed by atoms with E-state index in [1.807, 2.05) is 73.7 Å². The number of anilines is 1. The molecule has 1 amide bonds. The Hall–Kier alpha value is -4.04. The number of rotatable bonds is 8. The van der Waals surface area contributed by atoms with Crippen molar-refractivity contribution >= 4 is 28.9 Å². The van der Waals surface area contributed by atoms with Crippen LogP contribution in [-0.2, 0) is 11.3 Å². The van der Waals surface area contributed by atoms with Crippen LogP contribution >= 0.6 is 12.2 Å². The molecule has 1 aromatic carbocycles. The van der Waals surface area contributed by atoms with E-state index < -0.39 is 0 Å². The fourth-order valence-electron chi connectivity index (χ4n) is 4.62. The van der Waals surface area contributed by atoms with E-state index in [0.29, 0.717) is 24.6 Å². The molecule has 8 heteroatoms. The minimum Gasteiger partial charge on any atom is -0.352 e. The van der Waals surface area contributed by atoms with Crippen LogP contribution in [-0.4, -0.2) is 37.0 Å². The molecule has 36 heavy (non-hydrogen) atoms. The summed E-state index contributed by atoms with van der Waals surface area (Å²) in [5.41, 5.74) is 4.83. The van der Waals surface area contributed by atoms with Crippen molar-refractivity contribution in [1.82, 2.24) is 24.8 Å². The van der Waals surface area contributed by atoms with Gasteiger partial charge >= 0.3 is 0 Å². The fourth-order valence-corrected chi connectivity index (χ4v) is 4.95. The Bertz CT molecular complexity index is 1340. The van der Waals surface area contributed by atoms with E-state index in [2.05, 4.69) is 42.3 Å². The van der Waals surface area contributed by atoms with Gasteiger partial charge in [0, 0.05) is 42.9 Å². The highest BCUT2D eigenvalue weighted by Crippen LogP contribution is 2.39. The largest absolute Gasteiger partial charge is 0.352 e. The van der Waals surface area contributed by atoms with Gasteiger partial charge in [-0.3, -0.25) is 14.8 Å². The maximum atomic E-state index is 12.9. The Labute approximate surface area is 216 Å². The van der Waals surface area contributed by atoms with Gasteiger partial charge in [0.15, 0.2) is 5.11 Å². The maximum Gasteiger partial charge on any atom is 0.226 e. The first kappa shape index (κ1) is 23.7. The van der Waals surface area contributed by atoms with Crippen LogP contribution < -0.4 is 10.6 Å². The van der Waals surface area contributed by atoms with Crippen LogP contribution in [0.4, 0.5) is 5.69 Å². The number of pyridine rings is 2.